The number of hydrogen-bond acceptors (Lipinski definition) is 3. The fraction of sp³-hybridized carbons (Fsp3) is 0.588. The minimum absolute atomic E-state index is 0.121. The summed E-state index contributed by atoms with van der Waals surface area (Å²) in [6.07, 6.45) is 2.06. The molecule has 2 N–H and O–H groups in total. The van der Waals surface area contributed by atoms with E-state index in [1.807, 2.05) is 24.3 Å². The number of likely N-dealkylation sites (N-methyl/N-ethyl adjacent to an activating group) is 1. The van der Waals surface area contributed by atoms with Gasteiger partial charge in [-0.1, -0.05) is 23.7 Å². The van der Waals surface area contributed by atoms with E-state index in [0.717, 1.165) is 50.1 Å². The van der Waals surface area contributed by atoms with Crippen LogP contribution >= 0.6 is 11.6 Å². The molecule has 0 atom stereocenters. The number of guanidine groups is 1. The summed E-state index contributed by atoms with van der Waals surface area (Å²) >= 11 is 5.91. The van der Waals surface area contributed by atoms with Gasteiger partial charge in [-0.15, -0.1) is 0 Å². The highest BCUT2D eigenvalue weighted by atomic mass is 35.5. The van der Waals surface area contributed by atoms with Crippen LogP contribution in [0.5, 0.6) is 0 Å². The molecule has 1 aromatic rings. The Morgan fingerprint density at radius 2 is 1.87 bits per heavy atom. The van der Waals surface area contributed by atoms with Crippen LogP contribution in [0.4, 0.5) is 0 Å². The second-order valence-corrected chi connectivity index (χ2v) is 6.57. The Morgan fingerprint density at radius 1 is 1.22 bits per heavy atom. The molecular formula is C17H27ClN4O. The molecule has 23 heavy (non-hydrogen) atoms. The third-order valence-corrected chi connectivity index (χ3v) is 4.81. The molecule has 0 aliphatic carbocycles. The van der Waals surface area contributed by atoms with E-state index >= 15 is 0 Å². The first-order valence-electron chi connectivity index (χ1n) is 8.00. The van der Waals surface area contributed by atoms with Crippen molar-refractivity contribution in [2.75, 3.05) is 40.9 Å². The molecule has 0 bridgehead atoms. The highest BCUT2D eigenvalue weighted by Gasteiger charge is 2.34. The Bertz CT molecular complexity index is 510. The molecule has 0 spiro atoms. The third kappa shape index (κ3) is 5.09. The van der Waals surface area contributed by atoms with Gasteiger partial charge in [0.1, 0.15) is 0 Å². The van der Waals surface area contributed by atoms with Crippen LogP contribution in [0.3, 0.4) is 0 Å². The van der Waals surface area contributed by atoms with Gasteiger partial charge in [0.15, 0.2) is 5.96 Å². The molecule has 1 aliphatic heterocycles. The van der Waals surface area contributed by atoms with E-state index in [2.05, 4.69) is 34.6 Å². The molecule has 1 aliphatic rings. The quantitative estimate of drug-likeness (QED) is 0.638. The summed E-state index contributed by atoms with van der Waals surface area (Å²) in [4.78, 5) is 6.61. The molecule has 1 heterocycles. The average Bonchev–Trinajstić information content (AvgIpc) is 2.57. The molecule has 6 heteroatoms. The van der Waals surface area contributed by atoms with E-state index in [9.17, 15) is 0 Å². The minimum atomic E-state index is 0.121. The first-order chi connectivity index (χ1) is 11.1. The lowest BCUT2D eigenvalue weighted by molar-refractivity contribution is -0.00501. The van der Waals surface area contributed by atoms with E-state index in [0.29, 0.717) is 0 Å². The third-order valence-electron chi connectivity index (χ3n) is 4.55. The molecule has 1 fully saturated rings. The number of halogens is 1. The molecule has 5 nitrogen and oxygen atoms in total. The predicted octanol–water partition coefficient (Wildman–Crippen LogP) is 2.12. The normalized spacial score (nSPS) is 18.0. The number of aliphatic imine (C=N–C) groups is 1. The van der Waals surface area contributed by atoms with Crippen LogP contribution in [0, 0.1) is 0 Å². The van der Waals surface area contributed by atoms with E-state index < -0.39 is 0 Å². The van der Waals surface area contributed by atoms with Gasteiger partial charge in [0.2, 0.25) is 0 Å². The number of benzene rings is 1. The molecule has 0 saturated carbocycles. The maximum absolute atomic E-state index is 5.91. The second-order valence-electron chi connectivity index (χ2n) is 6.14. The van der Waals surface area contributed by atoms with Crippen LogP contribution in [0.1, 0.15) is 18.4 Å². The molecule has 128 valence electrons. The average molecular weight is 339 g/mol. The smallest absolute Gasteiger partial charge is 0.191 e. The first kappa shape index (κ1) is 18.0. The lowest BCUT2D eigenvalue weighted by Gasteiger charge is -2.43. The summed E-state index contributed by atoms with van der Waals surface area (Å²) in [7, 11) is 6.07. The SMILES string of the molecule is CN=C(NCc1ccc(Cl)cc1)NCC1(N(C)C)CCOCC1. The Balaban J connectivity index is 1.87. The van der Waals surface area contributed by atoms with Crippen LogP contribution < -0.4 is 10.6 Å². The predicted molar refractivity (Wildman–Crippen MR) is 96.1 cm³/mol. The molecule has 1 aromatic carbocycles. The Labute approximate surface area is 144 Å². The van der Waals surface area contributed by atoms with Gasteiger partial charge in [-0.25, -0.2) is 0 Å². The number of ether oxygens (including phenoxy) is 1. The van der Waals surface area contributed by atoms with E-state index in [1.54, 1.807) is 7.05 Å². The van der Waals surface area contributed by atoms with Crippen molar-refractivity contribution in [3.8, 4) is 0 Å². The van der Waals surface area contributed by atoms with E-state index in [-0.39, 0.29) is 5.54 Å². The Kier molecular flexibility index (Phi) is 6.69. The fourth-order valence-corrected chi connectivity index (χ4v) is 2.92. The second kappa shape index (κ2) is 8.52. The van der Waals surface area contributed by atoms with Crippen molar-refractivity contribution in [2.24, 2.45) is 4.99 Å². The van der Waals surface area contributed by atoms with Crippen molar-refractivity contribution in [3.63, 3.8) is 0 Å². The van der Waals surface area contributed by atoms with Crippen LogP contribution in [0.25, 0.3) is 0 Å². The van der Waals surface area contributed by atoms with E-state index in [1.165, 1.54) is 5.56 Å². The summed E-state index contributed by atoms with van der Waals surface area (Å²) in [5.74, 6) is 0.813. The van der Waals surface area contributed by atoms with Crippen molar-refractivity contribution in [3.05, 3.63) is 34.9 Å². The van der Waals surface area contributed by atoms with Crippen LogP contribution in [-0.4, -0.2) is 57.3 Å². The van der Waals surface area contributed by atoms with Gasteiger partial charge in [-0.05, 0) is 44.6 Å². The van der Waals surface area contributed by atoms with Crippen LogP contribution in [-0.2, 0) is 11.3 Å². The summed E-state index contributed by atoms with van der Waals surface area (Å²) in [6, 6.07) is 7.83. The van der Waals surface area contributed by atoms with Gasteiger partial charge in [-0.3, -0.25) is 4.99 Å². The van der Waals surface area contributed by atoms with Gasteiger partial charge in [0, 0.05) is 43.9 Å². The summed E-state index contributed by atoms with van der Waals surface area (Å²) in [6.45, 7) is 3.20. The van der Waals surface area contributed by atoms with Gasteiger partial charge in [0.05, 0.1) is 0 Å². The zero-order chi connectivity index (χ0) is 16.7. The van der Waals surface area contributed by atoms with Crippen LogP contribution in [0.2, 0.25) is 5.02 Å². The van der Waals surface area contributed by atoms with Crippen LogP contribution in [0.15, 0.2) is 29.3 Å². The molecule has 1 saturated heterocycles. The zero-order valence-electron chi connectivity index (χ0n) is 14.2. The number of nitrogens with one attached hydrogen (secondary N) is 2. The highest BCUT2D eigenvalue weighted by Crippen LogP contribution is 2.24. The van der Waals surface area contributed by atoms with Gasteiger partial charge >= 0.3 is 0 Å². The Hall–Kier alpha value is -1.30. The summed E-state index contributed by atoms with van der Waals surface area (Å²) in [5.41, 5.74) is 1.29. The van der Waals surface area contributed by atoms with Gasteiger partial charge in [-0.2, -0.15) is 0 Å². The maximum atomic E-state index is 5.91. The highest BCUT2D eigenvalue weighted by molar-refractivity contribution is 6.30. The minimum Gasteiger partial charge on any atom is -0.381 e. The number of rotatable bonds is 5. The van der Waals surface area contributed by atoms with E-state index in [4.69, 9.17) is 16.3 Å². The topological polar surface area (TPSA) is 48.9 Å². The van der Waals surface area contributed by atoms with Crippen molar-refractivity contribution < 1.29 is 4.74 Å². The molecule has 2 rings (SSSR count). The van der Waals surface area contributed by atoms with Gasteiger partial charge in [0.25, 0.3) is 0 Å². The van der Waals surface area contributed by atoms with Gasteiger partial charge < -0.3 is 20.3 Å². The maximum Gasteiger partial charge on any atom is 0.191 e. The molecule has 0 amide bonds. The molecule has 0 unspecified atom stereocenters. The summed E-state index contributed by atoms with van der Waals surface area (Å²) in [5, 5.41) is 7.56. The standard InChI is InChI=1S/C17H27ClN4O/c1-19-16(20-12-14-4-6-15(18)7-5-14)21-13-17(22(2)3)8-10-23-11-9-17/h4-7H,8-13H2,1-3H3,(H2,19,20,21). The number of hydrogen-bond donors (Lipinski definition) is 2. The number of nitrogens with zero attached hydrogens (tertiary/aromatic N) is 2. The lowest BCUT2D eigenvalue weighted by Crippen LogP contribution is -2.57. The largest absolute Gasteiger partial charge is 0.381 e. The lowest BCUT2D eigenvalue weighted by atomic mass is 9.88. The van der Waals surface area contributed by atoms with Crippen molar-refractivity contribution in [2.45, 2.75) is 24.9 Å². The van der Waals surface area contributed by atoms with Crippen molar-refractivity contribution in [1.29, 1.82) is 0 Å². The molecule has 0 radical (unpaired) electrons. The molecule has 0 aromatic heterocycles. The first-order valence-corrected chi connectivity index (χ1v) is 8.38. The van der Waals surface area contributed by atoms with Crippen molar-refractivity contribution >= 4 is 17.6 Å². The molecular weight excluding hydrogens is 312 g/mol. The summed E-state index contributed by atoms with van der Waals surface area (Å²) < 4.78 is 5.51. The zero-order valence-corrected chi connectivity index (χ0v) is 15.0. The fourth-order valence-electron chi connectivity index (χ4n) is 2.79. The Morgan fingerprint density at radius 3 is 2.43 bits per heavy atom. The monoisotopic (exact) mass is 338 g/mol. The van der Waals surface area contributed by atoms with Crippen molar-refractivity contribution in [1.82, 2.24) is 15.5 Å².